The van der Waals surface area contributed by atoms with Crippen molar-refractivity contribution in [2.45, 2.75) is 5.41 Å². The van der Waals surface area contributed by atoms with Crippen molar-refractivity contribution in [2.75, 3.05) is 0 Å². The lowest BCUT2D eigenvalue weighted by atomic mass is 9.69. The SMILES string of the molecule is O=C(OP)C(c1ccccc1)(c1ccccc1)c1ccccc1.O=S([O-])O. The highest BCUT2D eigenvalue weighted by Crippen LogP contribution is 2.40. The number of hydrogen-bond acceptors (Lipinski definition) is 4. The molecule has 27 heavy (non-hydrogen) atoms. The van der Waals surface area contributed by atoms with Crippen LogP contribution in [-0.2, 0) is 26.1 Å². The van der Waals surface area contributed by atoms with Crippen molar-refractivity contribution >= 4 is 26.8 Å². The Labute approximate surface area is 162 Å². The van der Waals surface area contributed by atoms with Gasteiger partial charge in [0.25, 0.3) is 0 Å². The van der Waals surface area contributed by atoms with Crippen molar-refractivity contribution in [3.05, 3.63) is 108 Å². The molecule has 1 N–H and O–H groups in total. The molecule has 0 radical (unpaired) electrons. The molecule has 3 aromatic carbocycles. The molecule has 0 aromatic heterocycles. The van der Waals surface area contributed by atoms with E-state index in [2.05, 4.69) is 9.47 Å². The van der Waals surface area contributed by atoms with Crippen molar-refractivity contribution < 1.29 is 22.6 Å². The van der Waals surface area contributed by atoms with Crippen LogP contribution in [0.2, 0.25) is 0 Å². The summed E-state index contributed by atoms with van der Waals surface area (Å²) in [6.07, 6.45) is 0. The summed E-state index contributed by atoms with van der Waals surface area (Å²) in [6.45, 7) is 0. The number of rotatable bonds is 4. The van der Waals surface area contributed by atoms with Gasteiger partial charge in [0.15, 0.2) is 0 Å². The van der Waals surface area contributed by atoms with Gasteiger partial charge >= 0.3 is 5.97 Å². The van der Waals surface area contributed by atoms with Crippen LogP contribution in [0.5, 0.6) is 0 Å². The third-order valence-corrected chi connectivity index (χ3v) is 4.25. The third kappa shape index (κ3) is 4.87. The summed E-state index contributed by atoms with van der Waals surface area (Å²) in [4.78, 5) is 13.0. The molecule has 7 heteroatoms. The molecule has 0 saturated heterocycles. The van der Waals surface area contributed by atoms with Gasteiger partial charge in [0.1, 0.15) is 5.41 Å². The van der Waals surface area contributed by atoms with Crippen molar-refractivity contribution in [2.24, 2.45) is 0 Å². The van der Waals surface area contributed by atoms with Crippen molar-refractivity contribution in [3.63, 3.8) is 0 Å². The maximum atomic E-state index is 13.0. The highest BCUT2D eigenvalue weighted by molar-refractivity contribution is 7.73. The monoisotopic (exact) mass is 401 g/mol. The van der Waals surface area contributed by atoms with Crippen molar-refractivity contribution in [3.8, 4) is 0 Å². The lowest BCUT2D eigenvalue weighted by Crippen LogP contribution is -2.38. The summed E-state index contributed by atoms with van der Waals surface area (Å²) >= 11 is -2.86. The second kappa shape index (κ2) is 10.1. The van der Waals surface area contributed by atoms with E-state index in [1.807, 2.05) is 91.0 Å². The Balaban J connectivity index is 0.000000596. The fraction of sp³-hybridized carbons (Fsp3) is 0.0500. The second-order valence-corrected chi connectivity index (χ2v) is 6.14. The van der Waals surface area contributed by atoms with E-state index in [4.69, 9.17) is 17.8 Å². The van der Waals surface area contributed by atoms with Crippen LogP contribution in [0.25, 0.3) is 0 Å². The summed E-state index contributed by atoms with van der Waals surface area (Å²) in [6, 6.07) is 29.2. The third-order valence-electron chi connectivity index (χ3n) is 4.03. The molecule has 2 unspecified atom stereocenters. The van der Waals surface area contributed by atoms with Crippen LogP contribution in [0.4, 0.5) is 0 Å². The molecule has 2 atom stereocenters. The minimum atomic E-state index is -2.86. The number of carbonyl (C=O) groups excluding carboxylic acids is 1. The van der Waals surface area contributed by atoms with Crippen LogP contribution in [0.3, 0.4) is 0 Å². The van der Waals surface area contributed by atoms with Gasteiger partial charge in [-0.05, 0) is 16.7 Å². The van der Waals surface area contributed by atoms with E-state index in [9.17, 15) is 4.79 Å². The van der Waals surface area contributed by atoms with Gasteiger partial charge in [0, 0.05) is 0 Å². The van der Waals surface area contributed by atoms with Crippen LogP contribution < -0.4 is 0 Å². The van der Waals surface area contributed by atoms with Gasteiger partial charge in [0.05, 0.1) is 20.8 Å². The van der Waals surface area contributed by atoms with Gasteiger partial charge < -0.3 is 13.6 Å². The summed E-state index contributed by atoms with van der Waals surface area (Å²) in [5, 5.41) is 0. The molecular weight excluding hydrogens is 383 g/mol. The largest absolute Gasteiger partial charge is 0.750 e. The molecule has 5 nitrogen and oxygen atoms in total. The summed E-state index contributed by atoms with van der Waals surface area (Å²) in [5.74, 6) is -0.328. The van der Waals surface area contributed by atoms with E-state index < -0.39 is 16.8 Å². The van der Waals surface area contributed by atoms with Gasteiger partial charge in [-0.25, -0.2) is 4.21 Å². The van der Waals surface area contributed by atoms with Gasteiger partial charge in [-0.15, -0.1) is 0 Å². The number of carbonyl (C=O) groups is 1. The predicted octanol–water partition coefficient (Wildman–Crippen LogP) is 3.69. The molecule has 0 heterocycles. The average molecular weight is 401 g/mol. The lowest BCUT2D eigenvalue weighted by molar-refractivity contribution is -0.136. The van der Waals surface area contributed by atoms with Gasteiger partial charge in [0.2, 0.25) is 0 Å². The summed E-state index contributed by atoms with van der Waals surface area (Å²) < 4.78 is 29.2. The maximum Gasteiger partial charge on any atom is 0.327 e. The molecule has 0 bridgehead atoms. The zero-order valence-electron chi connectivity index (χ0n) is 14.2. The minimum Gasteiger partial charge on any atom is -0.750 e. The van der Waals surface area contributed by atoms with Crippen molar-refractivity contribution in [1.29, 1.82) is 0 Å². The Kier molecular flexibility index (Phi) is 7.82. The molecule has 0 spiro atoms. The first-order valence-corrected chi connectivity index (χ1v) is 9.40. The van der Waals surface area contributed by atoms with Gasteiger partial charge in [-0.2, -0.15) is 0 Å². The standard InChI is InChI=1S/C20H17O2P.H2O3S/c21-19(22-23)20(16-10-4-1-5-11-16,17-12-6-2-7-13-17)18-14-8-3-9-15-18;1-4(2)3/h1-15H,23H2;(H2,1,2,3)/p-1. The molecule has 0 amide bonds. The molecule has 0 saturated carbocycles. The quantitative estimate of drug-likeness (QED) is 0.409. The van der Waals surface area contributed by atoms with Gasteiger partial charge in [-0.3, -0.25) is 4.79 Å². The van der Waals surface area contributed by atoms with Crippen LogP contribution >= 0.6 is 9.47 Å². The molecule has 0 aliphatic heterocycles. The first-order chi connectivity index (χ1) is 13.0. The Bertz CT molecular complexity index is 772. The van der Waals surface area contributed by atoms with E-state index in [0.717, 1.165) is 16.7 Å². The first kappa shape index (κ1) is 20.9. The second-order valence-electron chi connectivity index (χ2n) is 5.47. The Morgan fingerprint density at radius 1 is 0.815 bits per heavy atom. The first-order valence-electron chi connectivity index (χ1n) is 7.89. The van der Waals surface area contributed by atoms with Crippen LogP contribution in [0.1, 0.15) is 16.7 Å². The highest BCUT2D eigenvalue weighted by atomic mass is 32.2. The summed E-state index contributed by atoms with van der Waals surface area (Å²) in [7, 11) is 2.08. The zero-order chi connectivity index (χ0) is 19.7. The Hall–Kier alpha value is -2.37. The smallest absolute Gasteiger partial charge is 0.327 e. The molecule has 3 aromatic rings. The molecular formula is C20H18O5PS-. The highest BCUT2D eigenvalue weighted by Gasteiger charge is 2.44. The van der Waals surface area contributed by atoms with Crippen LogP contribution in [0.15, 0.2) is 91.0 Å². The summed E-state index contributed by atoms with van der Waals surface area (Å²) in [5.41, 5.74) is 1.64. The normalized spacial score (nSPS) is 11.7. The van der Waals surface area contributed by atoms with Crippen LogP contribution in [0, 0.1) is 0 Å². The van der Waals surface area contributed by atoms with Crippen molar-refractivity contribution in [1.82, 2.24) is 0 Å². The molecule has 0 fully saturated rings. The fourth-order valence-electron chi connectivity index (χ4n) is 3.01. The Morgan fingerprint density at radius 3 is 1.30 bits per heavy atom. The average Bonchev–Trinajstić information content (AvgIpc) is 2.70. The topological polar surface area (TPSA) is 86.7 Å². The molecule has 0 aliphatic rings. The maximum absolute atomic E-state index is 13.0. The lowest BCUT2D eigenvalue weighted by Gasteiger charge is -2.32. The van der Waals surface area contributed by atoms with E-state index in [1.54, 1.807) is 0 Å². The van der Waals surface area contributed by atoms with E-state index >= 15 is 0 Å². The Morgan fingerprint density at radius 2 is 1.07 bits per heavy atom. The number of benzene rings is 3. The fourth-order valence-corrected chi connectivity index (χ4v) is 3.18. The minimum absolute atomic E-state index is 0.328. The van der Waals surface area contributed by atoms with E-state index in [1.165, 1.54) is 0 Å². The van der Waals surface area contributed by atoms with Crippen LogP contribution in [-0.4, -0.2) is 19.3 Å². The molecule has 3 rings (SSSR count). The molecule has 140 valence electrons. The zero-order valence-corrected chi connectivity index (χ0v) is 16.2. The predicted molar refractivity (Wildman–Crippen MR) is 107 cm³/mol. The van der Waals surface area contributed by atoms with E-state index in [0.29, 0.717) is 0 Å². The molecule has 0 aliphatic carbocycles. The van der Waals surface area contributed by atoms with E-state index in [-0.39, 0.29) is 5.97 Å². The van der Waals surface area contributed by atoms with Gasteiger partial charge in [-0.1, -0.05) is 91.0 Å². The number of hydrogen-bond donors (Lipinski definition) is 1.